The molecule has 0 saturated heterocycles. The highest BCUT2D eigenvalue weighted by molar-refractivity contribution is 5.79. The Labute approximate surface area is 53.6 Å². The molecule has 1 N–H and O–H groups in total. The highest BCUT2D eigenvalue weighted by Crippen LogP contribution is 1.76. The lowest BCUT2D eigenvalue weighted by molar-refractivity contribution is -0.117. The van der Waals surface area contributed by atoms with E-state index in [-0.39, 0.29) is 19.0 Å². The molecular weight excluding hydrogens is 120 g/mol. The van der Waals surface area contributed by atoms with Gasteiger partial charge in [0, 0.05) is 6.42 Å². The second-order valence-electron chi connectivity index (χ2n) is 1.61. The van der Waals surface area contributed by atoms with Crippen LogP contribution in [0.5, 0.6) is 0 Å². The van der Waals surface area contributed by atoms with Gasteiger partial charge >= 0.3 is 0 Å². The van der Waals surface area contributed by atoms with E-state index in [0.29, 0.717) is 6.42 Å². The zero-order chi connectivity index (χ0) is 7.11. The maximum Gasteiger partial charge on any atom is 0.146 e. The van der Waals surface area contributed by atoms with E-state index >= 15 is 0 Å². The van der Waals surface area contributed by atoms with Gasteiger partial charge in [-0.1, -0.05) is 12.1 Å². The van der Waals surface area contributed by atoms with Crippen molar-refractivity contribution in [1.82, 2.24) is 5.32 Å². The lowest BCUT2D eigenvalue weighted by Gasteiger charge is -1.93. The van der Waals surface area contributed by atoms with Crippen LogP contribution in [0.3, 0.4) is 0 Å². The molecule has 0 heterocycles. The fourth-order valence-electron chi connectivity index (χ4n) is 0.366. The van der Waals surface area contributed by atoms with Crippen molar-refractivity contribution in [2.45, 2.75) is 13.3 Å². The van der Waals surface area contributed by atoms with Gasteiger partial charge in [0.25, 0.3) is 0 Å². The summed E-state index contributed by atoms with van der Waals surface area (Å²) in [5.41, 5.74) is 0. The normalized spacial score (nSPS) is 9.00. The number of nitrogens with zero attached hydrogens (tertiary/aromatic N) is 1. The summed E-state index contributed by atoms with van der Waals surface area (Å²) in [5, 5.41) is 5.09. The van der Waals surface area contributed by atoms with Gasteiger partial charge in [-0.25, -0.2) is 0 Å². The molecular formula is C5H10N2O2. The quantitative estimate of drug-likeness (QED) is 0.429. The summed E-state index contributed by atoms with van der Waals surface area (Å²) in [6.45, 7) is 2.05. The standard InChI is InChI=1S/C5H10N2O2/c1-2-5(8)3-6-4-7-9/h6H,2-4H2,1H3. The van der Waals surface area contributed by atoms with Crippen LogP contribution < -0.4 is 5.32 Å². The fourth-order valence-corrected chi connectivity index (χ4v) is 0.366. The molecule has 4 nitrogen and oxygen atoms in total. The van der Waals surface area contributed by atoms with Crippen molar-refractivity contribution in [2.75, 3.05) is 13.2 Å². The predicted molar refractivity (Wildman–Crippen MR) is 34.0 cm³/mol. The number of rotatable bonds is 5. The Kier molecular flexibility index (Phi) is 4.91. The van der Waals surface area contributed by atoms with Crippen LogP contribution in [0.4, 0.5) is 0 Å². The van der Waals surface area contributed by atoms with Crippen LogP contribution >= 0.6 is 0 Å². The first-order valence-corrected chi connectivity index (χ1v) is 2.82. The van der Waals surface area contributed by atoms with Crippen molar-refractivity contribution in [1.29, 1.82) is 0 Å². The second-order valence-corrected chi connectivity index (χ2v) is 1.61. The van der Waals surface area contributed by atoms with E-state index < -0.39 is 0 Å². The molecule has 0 radical (unpaired) electrons. The number of nitroso groups, excluding NO2 is 1. The van der Waals surface area contributed by atoms with Crippen LogP contribution in [0.1, 0.15) is 13.3 Å². The number of carbonyl (C=O) groups excluding carboxylic acids is 1. The Hall–Kier alpha value is -0.770. The summed E-state index contributed by atoms with van der Waals surface area (Å²) in [7, 11) is 0. The van der Waals surface area contributed by atoms with E-state index in [1.54, 1.807) is 6.92 Å². The van der Waals surface area contributed by atoms with Gasteiger partial charge in [-0.2, -0.15) is 0 Å². The number of Topliss-reactive ketones (excluding diaryl/α,β-unsaturated/α-hetero) is 1. The molecule has 0 aliphatic rings. The van der Waals surface area contributed by atoms with Gasteiger partial charge in [0.05, 0.1) is 6.54 Å². The van der Waals surface area contributed by atoms with Crippen LogP contribution in [0.15, 0.2) is 5.18 Å². The van der Waals surface area contributed by atoms with Crippen LogP contribution in [0.25, 0.3) is 0 Å². The first-order valence-electron chi connectivity index (χ1n) is 2.82. The minimum atomic E-state index is 0.0196. The Morgan fingerprint density at radius 3 is 2.78 bits per heavy atom. The summed E-state index contributed by atoms with van der Waals surface area (Å²) in [4.78, 5) is 19.9. The molecule has 0 aliphatic carbocycles. The molecule has 0 spiro atoms. The number of carbonyl (C=O) groups is 1. The molecule has 52 valence electrons. The highest BCUT2D eigenvalue weighted by Gasteiger charge is 1.94. The minimum Gasteiger partial charge on any atom is -0.298 e. The third-order valence-corrected chi connectivity index (χ3v) is 0.893. The van der Waals surface area contributed by atoms with Crippen LogP contribution in [0.2, 0.25) is 0 Å². The molecule has 0 unspecified atom stereocenters. The van der Waals surface area contributed by atoms with Gasteiger partial charge in [0.15, 0.2) is 0 Å². The Morgan fingerprint density at radius 2 is 2.33 bits per heavy atom. The monoisotopic (exact) mass is 130 g/mol. The van der Waals surface area contributed by atoms with E-state index in [9.17, 15) is 9.70 Å². The zero-order valence-electron chi connectivity index (χ0n) is 5.39. The SMILES string of the molecule is CCC(=O)CNCN=O. The largest absolute Gasteiger partial charge is 0.298 e. The van der Waals surface area contributed by atoms with Gasteiger partial charge in [0.1, 0.15) is 12.5 Å². The lowest BCUT2D eigenvalue weighted by Crippen LogP contribution is -2.21. The summed E-state index contributed by atoms with van der Waals surface area (Å²) in [6, 6.07) is 0. The van der Waals surface area contributed by atoms with Gasteiger partial charge < -0.3 is 0 Å². The van der Waals surface area contributed by atoms with E-state index in [4.69, 9.17) is 0 Å². The molecule has 4 heteroatoms. The van der Waals surface area contributed by atoms with Crippen molar-refractivity contribution in [3.05, 3.63) is 4.91 Å². The maximum atomic E-state index is 10.5. The summed E-state index contributed by atoms with van der Waals surface area (Å²) in [5.74, 6) is 0.0960. The lowest BCUT2D eigenvalue weighted by atomic mass is 10.3. The summed E-state index contributed by atoms with van der Waals surface area (Å²) < 4.78 is 0. The Morgan fingerprint density at radius 1 is 1.67 bits per heavy atom. The molecule has 0 aromatic heterocycles. The topological polar surface area (TPSA) is 58.5 Å². The predicted octanol–water partition coefficient (Wildman–Crippen LogP) is 0.279. The van der Waals surface area contributed by atoms with Gasteiger partial charge in [0.2, 0.25) is 0 Å². The van der Waals surface area contributed by atoms with E-state index in [1.807, 2.05) is 0 Å². The van der Waals surface area contributed by atoms with E-state index in [1.165, 1.54) is 0 Å². The fraction of sp³-hybridized carbons (Fsp3) is 0.800. The smallest absolute Gasteiger partial charge is 0.146 e. The highest BCUT2D eigenvalue weighted by atomic mass is 16.3. The third kappa shape index (κ3) is 5.10. The second kappa shape index (κ2) is 5.37. The van der Waals surface area contributed by atoms with Crippen molar-refractivity contribution < 1.29 is 4.79 Å². The first kappa shape index (κ1) is 8.23. The number of ketones is 1. The van der Waals surface area contributed by atoms with Crippen molar-refractivity contribution >= 4 is 5.78 Å². The van der Waals surface area contributed by atoms with Crippen molar-refractivity contribution in [3.63, 3.8) is 0 Å². The van der Waals surface area contributed by atoms with Crippen LogP contribution in [-0.4, -0.2) is 19.0 Å². The average molecular weight is 130 g/mol. The maximum absolute atomic E-state index is 10.5. The molecule has 0 aromatic rings. The van der Waals surface area contributed by atoms with Crippen LogP contribution in [-0.2, 0) is 4.79 Å². The molecule has 0 fully saturated rings. The van der Waals surface area contributed by atoms with Crippen LogP contribution in [0, 0.1) is 4.91 Å². The average Bonchev–Trinajstić information content (AvgIpc) is 1.89. The molecule has 0 aromatic carbocycles. The number of nitrogens with one attached hydrogen (secondary N) is 1. The molecule has 0 saturated carbocycles. The molecule has 0 atom stereocenters. The molecule has 0 amide bonds. The molecule has 9 heavy (non-hydrogen) atoms. The molecule has 0 aliphatic heterocycles. The minimum absolute atomic E-state index is 0.0196. The Bertz CT molecular complexity index is 103. The summed E-state index contributed by atoms with van der Waals surface area (Å²) >= 11 is 0. The van der Waals surface area contributed by atoms with E-state index in [0.717, 1.165) is 0 Å². The summed E-state index contributed by atoms with van der Waals surface area (Å²) in [6.07, 6.45) is 0.506. The van der Waals surface area contributed by atoms with Crippen molar-refractivity contribution in [2.24, 2.45) is 5.18 Å². The number of hydrogen-bond acceptors (Lipinski definition) is 4. The first-order chi connectivity index (χ1) is 4.31. The Balaban J connectivity index is 3.06. The number of hydrogen-bond donors (Lipinski definition) is 1. The third-order valence-electron chi connectivity index (χ3n) is 0.893. The van der Waals surface area contributed by atoms with E-state index in [2.05, 4.69) is 10.5 Å². The van der Waals surface area contributed by atoms with Crippen molar-refractivity contribution in [3.8, 4) is 0 Å². The molecule has 0 bridgehead atoms. The van der Waals surface area contributed by atoms with Gasteiger partial charge in [-0.05, 0) is 0 Å². The zero-order valence-corrected chi connectivity index (χ0v) is 5.39. The molecule has 0 rings (SSSR count). The van der Waals surface area contributed by atoms with Gasteiger partial charge in [-0.3, -0.25) is 10.1 Å². The van der Waals surface area contributed by atoms with Gasteiger partial charge in [-0.15, -0.1) is 4.91 Å².